The summed E-state index contributed by atoms with van der Waals surface area (Å²) >= 11 is 1.76. The molecular formula is C15H21N3O4S. The van der Waals surface area contributed by atoms with Gasteiger partial charge in [-0.1, -0.05) is 6.07 Å². The van der Waals surface area contributed by atoms with E-state index in [2.05, 4.69) is 45.2 Å². The number of aromatic nitrogens is 2. The quantitative estimate of drug-likeness (QED) is 0.830. The third-order valence-corrected chi connectivity index (χ3v) is 4.27. The first-order valence-corrected chi connectivity index (χ1v) is 7.93. The van der Waals surface area contributed by atoms with Gasteiger partial charge in [0.25, 0.3) is 12.9 Å². The summed E-state index contributed by atoms with van der Waals surface area (Å²) in [5.41, 5.74) is 0. The van der Waals surface area contributed by atoms with E-state index in [1.807, 2.05) is 6.20 Å². The van der Waals surface area contributed by atoms with Crippen LogP contribution in [0.5, 0.6) is 0 Å². The van der Waals surface area contributed by atoms with Crippen molar-refractivity contribution in [3.63, 3.8) is 0 Å². The second kappa shape index (κ2) is 10.5. The molecule has 3 heterocycles. The van der Waals surface area contributed by atoms with Gasteiger partial charge in [-0.2, -0.15) is 0 Å². The maximum absolute atomic E-state index is 8.36. The van der Waals surface area contributed by atoms with E-state index < -0.39 is 0 Å². The van der Waals surface area contributed by atoms with Crippen LogP contribution in [0.3, 0.4) is 0 Å². The van der Waals surface area contributed by atoms with Crippen LogP contribution in [0, 0.1) is 5.92 Å². The fourth-order valence-electron chi connectivity index (χ4n) is 2.54. The zero-order valence-electron chi connectivity index (χ0n) is 12.9. The average Bonchev–Trinajstić information content (AvgIpc) is 3.23. The van der Waals surface area contributed by atoms with E-state index in [1.165, 1.54) is 24.4 Å². The Hall–Kier alpha value is -2.19. The van der Waals surface area contributed by atoms with Crippen LogP contribution in [0.4, 0.5) is 0 Å². The lowest BCUT2D eigenvalue weighted by molar-refractivity contribution is -0.123. The summed E-state index contributed by atoms with van der Waals surface area (Å²) in [5, 5.41) is 15.9. The highest BCUT2D eigenvalue weighted by molar-refractivity contribution is 7.13. The Morgan fingerprint density at radius 3 is 2.61 bits per heavy atom. The van der Waals surface area contributed by atoms with Gasteiger partial charge in [-0.05, 0) is 37.4 Å². The molecule has 1 fully saturated rings. The number of carboxylic acid groups (broad SMARTS) is 2. The molecule has 2 N–H and O–H groups in total. The van der Waals surface area contributed by atoms with Gasteiger partial charge < -0.3 is 19.7 Å². The number of hydrogen-bond donors (Lipinski definition) is 2. The van der Waals surface area contributed by atoms with Gasteiger partial charge in [-0.3, -0.25) is 9.59 Å². The minimum absolute atomic E-state index is 0.250. The summed E-state index contributed by atoms with van der Waals surface area (Å²) in [4.78, 5) is 24.9. The number of hydrogen-bond acceptors (Lipinski definition) is 5. The predicted octanol–water partition coefficient (Wildman–Crippen LogP) is 1.96. The fourth-order valence-corrected chi connectivity index (χ4v) is 3.28. The lowest BCUT2D eigenvalue weighted by atomic mass is 10.1. The van der Waals surface area contributed by atoms with Gasteiger partial charge >= 0.3 is 0 Å². The molecule has 1 saturated heterocycles. The van der Waals surface area contributed by atoms with Crippen molar-refractivity contribution in [2.45, 2.75) is 13.0 Å². The van der Waals surface area contributed by atoms with Crippen LogP contribution in [-0.4, -0.2) is 57.7 Å². The van der Waals surface area contributed by atoms with Gasteiger partial charge in [0.15, 0.2) is 0 Å². The van der Waals surface area contributed by atoms with Crippen molar-refractivity contribution in [3.8, 4) is 10.7 Å². The Morgan fingerprint density at radius 2 is 2.09 bits per heavy atom. The zero-order chi connectivity index (χ0) is 17.1. The lowest BCUT2D eigenvalue weighted by Crippen LogP contribution is -2.17. The minimum atomic E-state index is -0.250. The SMILES string of the molecule is CN1CCC(Cn2ccnc2-c2cccs2)C1.O=CO.O=CO. The lowest BCUT2D eigenvalue weighted by Gasteiger charge is -2.13. The van der Waals surface area contributed by atoms with Crippen molar-refractivity contribution in [1.29, 1.82) is 0 Å². The molecule has 0 amide bonds. The predicted molar refractivity (Wildman–Crippen MR) is 88.5 cm³/mol. The van der Waals surface area contributed by atoms with E-state index in [1.54, 1.807) is 11.3 Å². The third-order valence-electron chi connectivity index (χ3n) is 3.40. The first-order valence-electron chi connectivity index (χ1n) is 7.05. The van der Waals surface area contributed by atoms with Crippen LogP contribution in [0.25, 0.3) is 10.7 Å². The third kappa shape index (κ3) is 6.21. The number of carbonyl (C=O) groups is 2. The van der Waals surface area contributed by atoms with E-state index in [0.29, 0.717) is 0 Å². The fraction of sp³-hybridized carbons (Fsp3) is 0.400. The minimum Gasteiger partial charge on any atom is -0.483 e. The molecule has 0 bridgehead atoms. The van der Waals surface area contributed by atoms with E-state index in [4.69, 9.17) is 19.8 Å². The van der Waals surface area contributed by atoms with Crippen molar-refractivity contribution in [2.24, 2.45) is 5.92 Å². The molecule has 0 aromatic carbocycles. The highest BCUT2D eigenvalue weighted by Crippen LogP contribution is 2.25. The van der Waals surface area contributed by atoms with Crippen LogP contribution in [-0.2, 0) is 16.1 Å². The summed E-state index contributed by atoms with van der Waals surface area (Å²) < 4.78 is 2.30. The average molecular weight is 339 g/mol. The Kier molecular flexibility index (Phi) is 8.63. The number of nitrogens with zero attached hydrogens (tertiary/aromatic N) is 3. The highest BCUT2D eigenvalue weighted by atomic mass is 32.1. The number of likely N-dealkylation sites (tertiary alicyclic amines) is 1. The molecule has 2 aromatic rings. The normalized spacial score (nSPS) is 16.7. The van der Waals surface area contributed by atoms with Crippen LogP contribution >= 0.6 is 11.3 Å². The van der Waals surface area contributed by atoms with Crippen molar-refractivity contribution < 1.29 is 19.8 Å². The molecule has 0 saturated carbocycles. The summed E-state index contributed by atoms with van der Waals surface area (Å²) in [5.74, 6) is 1.89. The first kappa shape index (κ1) is 18.9. The molecule has 2 aromatic heterocycles. The molecule has 8 heteroatoms. The van der Waals surface area contributed by atoms with Crippen LogP contribution in [0.1, 0.15) is 6.42 Å². The number of rotatable bonds is 3. The van der Waals surface area contributed by atoms with E-state index in [0.717, 1.165) is 18.3 Å². The van der Waals surface area contributed by atoms with Crippen molar-refractivity contribution in [3.05, 3.63) is 29.9 Å². The van der Waals surface area contributed by atoms with Crippen LogP contribution < -0.4 is 0 Å². The summed E-state index contributed by atoms with van der Waals surface area (Å²) in [6.45, 7) is 3.04. The van der Waals surface area contributed by atoms with Crippen LogP contribution in [0.2, 0.25) is 0 Å². The van der Waals surface area contributed by atoms with E-state index >= 15 is 0 Å². The molecule has 23 heavy (non-hydrogen) atoms. The van der Waals surface area contributed by atoms with E-state index in [9.17, 15) is 0 Å². The summed E-state index contributed by atoms with van der Waals surface area (Å²) in [6.07, 6.45) is 5.32. The van der Waals surface area contributed by atoms with Gasteiger partial charge in [-0.25, -0.2) is 4.98 Å². The summed E-state index contributed by atoms with van der Waals surface area (Å²) in [6, 6.07) is 4.23. The standard InChI is InChI=1S/C13H17N3S.2CH2O2/c1-15-6-4-11(9-15)10-16-7-5-14-13(16)12-3-2-8-17-12;2*2-1-3/h2-3,5,7-8,11H,4,6,9-10H2,1H3;2*1H,(H,2,3). The van der Waals surface area contributed by atoms with Crippen molar-refractivity contribution in [1.82, 2.24) is 14.5 Å². The molecule has 126 valence electrons. The molecule has 1 aliphatic heterocycles. The highest BCUT2D eigenvalue weighted by Gasteiger charge is 2.20. The molecule has 7 nitrogen and oxygen atoms in total. The maximum atomic E-state index is 8.36. The molecule has 1 atom stereocenters. The monoisotopic (exact) mass is 339 g/mol. The maximum Gasteiger partial charge on any atom is 0.290 e. The second-order valence-electron chi connectivity index (χ2n) is 5.01. The number of imidazole rings is 1. The molecule has 0 radical (unpaired) electrons. The van der Waals surface area contributed by atoms with Crippen molar-refractivity contribution in [2.75, 3.05) is 20.1 Å². The van der Waals surface area contributed by atoms with Gasteiger partial charge in [0.1, 0.15) is 5.82 Å². The largest absolute Gasteiger partial charge is 0.483 e. The topological polar surface area (TPSA) is 95.7 Å². The van der Waals surface area contributed by atoms with Crippen LogP contribution in [0.15, 0.2) is 29.9 Å². The van der Waals surface area contributed by atoms with Gasteiger partial charge in [0.05, 0.1) is 4.88 Å². The molecule has 0 spiro atoms. The first-order chi connectivity index (χ1) is 11.2. The molecule has 1 aliphatic rings. The smallest absolute Gasteiger partial charge is 0.290 e. The molecule has 0 aliphatic carbocycles. The summed E-state index contributed by atoms with van der Waals surface area (Å²) in [7, 11) is 2.20. The number of thiophene rings is 1. The Balaban J connectivity index is 0.000000387. The van der Waals surface area contributed by atoms with Gasteiger partial charge in [0.2, 0.25) is 0 Å². The van der Waals surface area contributed by atoms with Crippen molar-refractivity contribution >= 4 is 24.3 Å². The Bertz CT molecular complexity index is 565. The van der Waals surface area contributed by atoms with E-state index in [-0.39, 0.29) is 12.9 Å². The zero-order valence-corrected chi connectivity index (χ0v) is 13.7. The molecule has 3 rings (SSSR count). The molecular weight excluding hydrogens is 318 g/mol. The van der Waals surface area contributed by atoms with Gasteiger partial charge in [0, 0.05) is 25.5 Å². The Labute approximate surface area is 138 Å². The second-order valence-corrected chi connectivity index (χ2v) is 5.96. The molecule has 1 unspecified atom stereocenters. The van der Waals surface area contributed by atoms with Gasteiger partial charge in [-0.15, -0.1) is 11.3 Å². The Morgan fingerprint density at radius 1 is 1.39 bits per heavy atom.